The molecule has 0 bridgehead atoms. The van der Waals surface area contributed by atoms with E-state index in [1.54, 1.807) is 0 Å². The molecule has 0 atom stereocenters. The van der Waals surface area contributed by atoms with Gasteiger partial charge in [0.05, 0.1) is 6.10 Å². The van der Waals surface area contributed by atoms with E-state index in [9.17, 15) is 0 Å². The summed E-state index contributed by atoms with van der Waals surface area (Å²) in [6.07, 6.45) is 2.06. The van der Waals surface area contributed by atoms with Crippen LogP contribution in [0.25, 0.3) is 0 Å². The molecule has 0 saturated heterocycles. The van der Waals surface area contributed by atoms with Crippen molar-refractivity contribution in [1.29, 1.82) is 0 Å². The second-order valence-corrected chi connectivity index (χ2v) is 3.36. The molecule has 0 radical (unpaired) electrons. The van der Waals surface area contributed by atoms with Crippen molar-refractivity contribution in [3.8, 4) is 5.75 Å². The van der Waals surface area contributed by atoms with Crippen LogP contribution >= 0.6 is 0 Å². The first-order valence-corrected chi connectivity index (χ1v) is 4.84. The highest BCUT2D eigenvalue weighted by molar-refractivity contribution is 5.46. The van der Waals surface area contributed by atoms with Crippen LogP contribution in [0.1, 0.15) is 13.8 Å². The Labute approximate surface area is 85.6 Å². The number of anilines is 1. The zero-order chi connectivity index (χ0) is 10.4. The molecule has 0 unspecified atom stereocenters. The highest BCUT2D eigenvalue weighted by atomic mass is 16.5. The highest BCUT2D eigenvalue weighted by Crippen LogP contribution is 2.16. The van der Waals surface area contributed by atoms with Crippen molar-refractivity contribution in [1.82, 2.24) is 0 Å². The van der Waals surface area contributed by atoms with Crippen LogP contribution < -0.4 is 10.1 Å². The summed E-state index contributed by atoms with van der Waals surface area (Å²) in [6.45, 7) is 8.46. The van der Waals surface area contributed by atoms with Gasteiger partial charge in [0.25, 0.3) is 0 Å². The Hall–Kier alpha value is -1.44. The first kappa shape index (κ1) is 10.6. The average molecular weight is 191 g/mol. The number of nitrogens with one attached hydrogen (secondary N) is 1. The van der Waals surface area contributed by atoms with Crippen LogP contribution in [-0.4, -0.2) is 12.6 Å². The molecule has 0 heterocycles. The van der Waals surface area contributed by atoms with Gasteiger partial charge in [-0.25, -0.2) is 0 Å². The molecule has 14 heavy (non-hydrogen) atoms. The largest absolute Gasteiger partial charge is 0.491 e. The molecule has 0 aliphatic heterocycles. The lowest BCUT2D eigenvalue weighted by Crippen LogP contribution is -2.05. The van der Waals surface area contributed by atoms with E-state index in [0.717, 1.165) is 18.0 Å². The smallest absolute Gasteiger partial charge is 0.119 e. The summed E-state index contributed by atoms with van der Waals surface area (Å²) in [5.41, 5.74) is 1.08. The van der Waals surface area contributed by atoms with Crippen LogP contribution in [0.2, 0.25) is 0 Å². The molecule has 1 N–H and O–H groups in total. The molecule has 0 saturated carbocycles. The summed E-state index contributed by atoms with van der Waals surface area (Å²) in [5, 5.41) is 3.20. The summed E-state index contributed by atoms with van der Waals surface area (Å²) in [6, 6.07) is 7.93. The molecule has 2 heteroatoms. The van der Waals surface area contributed by atoms with Gasteiger partial charge in [-0.05, 0) is 38.1 Å². The van der Waals surface area contributed by atoms with Crippen molar-refractivity contribution in [2.75, 3.05) is 11.9 Å². The first-order chi connectivity index (χ1) is 6.72. The van der Waals surface area contributed by atoms with Gasteiger partial charge in [0.2, 0.25) is 0 Å². The van der Waals surface area contributed by atoms with E-state index in [0.29, 0.717) is 0 Å². The van der Waals surface area contributed by atoms with Crippen LogP contribution in [0.15, 0.2) is 36.9 Å². The Morgan fingerprint density at radius 2 is 2.00 bits per heavy atom. The highest BCUT2D eigenvalue weighted by Gasteiger charge is 1.96. The van der Waals surface area contributed by atoms with Crippen LogP contribution in [0.3, 0.4) is 0 Å². The van der Waals surface area contributed by atoms with E-state index in [1.165, 1.54) is 0 Å². The van der Waals surface area contributed by atoms with Gasteiger partial charge in [-0.3, -0.25) is 0 Å². The first-order valence-electron chi connectivity index (χ1n) is 4.84. The molecule has 0 amide bonds. The molecule has 0 aliphatic rings. The van der Waals surface area contributed by atoms with Gasteiger partial charge in [0.15, 0.2) is 0 Å². The van der Waals surface area contributed by atoms with Crippen molar-refractivity contribution in [2.24, 2.45) is 0 Å². The Morgan fingerprint density at radius 3 is 2.50 bits per heavy atom. The molecule has 0 aliphatic carbocycles. The fraction of sp³-hybridized carbons (Fsp3) is 0.333. The Morgan fingerprint density at radius 1 is 1.36 bits per heavy atom. The van der Waals surface area contributed by atoms with Gasteiger partial charge in [-0.2, -0.15) is 0 Å². The maximum Gasteiger partial charge on any atom is 0.119 e. The second-order valence-electron chi connectivity index (χ2n) is 3.36. The Bertz CT molecular complexity index is 277. The van der Waals surface area contributed by atoms with Crippen LogP contribution in [0.4, 0.5) is 5.69 Å². The number of hydrogen-bond donors (Lipinski definition) is 1. The van der Waals surface area contributed by atoms with E-state index in [4.69, 9.17) is 4.74 Å². The van der Waals surface area contributed by atoms with Gasteiger partial charge in [0.1, 0.15) is 5.75 Å². The van der Waals surface area contributed by atoms with Crippen LogP contribution in [-0.2, 0) is 0 Å². The topological polar surface area (TPSA) is 21.3 Å². The minimum atomic E-state index is 0.224. The molecule has 0 fully saturated rings. The van der Waals surface area contributed by atoms with E-state index in [2.05, 4.69) is 11.9 Å². The third-order valence-corrected chi connectivity index (χ3v) is 1.68. The molecule has 2 nitrogen and oxygen atoms in total. The summed E-state index contributed by atoms with van der Waals surface area (Å²) < 4.78 is 5.53. The molecule has 0 spiro atoms. The van der Waals surface area contributed by atoms with Gasteiger partial charge in [-0.15, -0.1) is 6.58 Å². The number of benzene rings is 1. The quantitative estimate of drug-likeness (QED) is 0.722. The summed E-state index contributed by atoms with van der Waals surface area (Å²) in [5.74, 6) is 0.907. The zero-order valence-corrected chi connectivity index (χ0v) is 8.79. The monoisotopic (exact) mass is 191 g/mol. The number of hydrogen-bond acceptors (Lipinski definition) is 2. The molecule has 1 rings (SSSR count). The Kier molecular flexibility index (Phi) is 4.05. The van der Waals surface area contributed by atoms with Crippen LogP contribution in [0, 0.1) is 0 Å². The lowest BCUT2D eigenvalue weighted by Gasteiger charge is -2.10. The molecule has 0 aromatic heterocycles. The minimum absolute atomic E-state index is 0.224. The molecular weight excluding hydrogens is 174 g/mol. The van der Waals surface area contributed by atoms with E-state index in [1.807, 2.05) is 44.2 Å². The number of rotatable bonds is 5. The SMILES string of the molecule is C=CCNc1ccc(OC(C)C)cc1. The third kappa shape index (κ3) is 3.52. The van der Waals surface area contributed by atoms with Crippen molar-refractivity contribution >= 4 is 5.69 Å². The normalized spacial score (nSPS) is 9.93. The van der Waals surface area contributed by atoms with Gasteiger partial charge >= 0.3 is 0 Å². The fourth-order valence-corrected chi connectivity index (χ4v) is 1.11. The summed E-state index contributed by atoms with van der Waals surface area (Å²) in [4.78, 5) is 0. The average Bonchev–Trinajstić information content (AvgIpc) is 2.16. The summed E-state index contributed by atoms with van der Waals surface area (Å²) >= 11 is 0. The molecular formula is C12H17NO. The molecule has 1 aromatic rings. The molecule has 1 aromatic carbocycles. The van der Waals surface area contributed by atoms with Crippen molar-refractivity contribution in [2.45, 2.75) is 20.0 Å². The van der Waals surface area contributed by atoms with Gasteiger partial charge in [-0.1, -0.05) is 6.08 Å². The van der Waals surface area contributed by atoms with E-state index >= 15 is 0 Å². The van der Waals surface area contributed by atoms with Crippen LogP contribution in [0.5, 0.6) is 5.75 Å². The lowest BCUT2D eigenvalue weighted by atomic mass is 10.3. The van der Waals surface area contributed by atoms with Crippen molar-refractivity contribution in [3.05, 3.63) is 36.9 Å². The van der Waals surface area contributed by atoms with E-state index in [-0.39, 0.29) is 6.10 Å². The minimum Gasteiger partial charge on any atom is -0.491 e. The molecule has 76 valence electrons. The standard InChI is InChI=1S/C12H17NO/c1-4-9-13-11-5-7-12(8-6-11)14-10(2)3/h4-8,10,13H,1,9H2,2-3H3. The third-order valence-electron chi connectivity index (χ3n) is 1.68. The summed E-state index contributed by atoms with van der Waals surface area (Å²) in [7, 11) is 0. The van der Waals surface area contributed by atoms with E-state index < -0.39 is 0 Å². The Balaban J connectivity index is 2.54. The maximum absolute atomic E-state index is 5.53. The predicted molar refractivity (Wildman–Crippen MR) is 60.9 cm³/mol. The van der Waals surface area contributed by atoms with Gasteiger partial charge in [0, 0.05) is 12.2 Å². The predicted octanol–water partition coefficient (Wildman–Crippen LogP) is 3.07. The lowest BCUT2D eigenvalue weighted by molar-refractivity contribution is 0.242. The van der Waals surface area contributed by atoms with Crippen molar-refractivity contribution < 1.29 is 4.74 Å². The number of ether oxygens (including phenoxy) is 1. The van der Waals surface area contributed by atoms with Crippen molar-refractivity contribution in [3.63, 3.8) is 0 Å². The second kappa shape index (κ2) is 5.32. The maximum atomic E-state index is 5.53. The fourth-order valence-electron chi connectivity index (χ4n) is 1.11. The van der Waals surface area contributed by atoms with Gasteiger partial charge < -0.3 is 10.1 Å². The zero-order valence-electron chi connectivity index (χ0n) is 8.79.